The van der Waals surface area contributed by atoms with Crippen LogP contribution in [0.4, 0.5) is 0 Å². The van der Waals surface area contributed by atoms with Crippen LogP contribution in [0.5, 0.6) is 0 Å². The number of benzene rings is 2. The SMILES string of the molecule is O=C(c1ccc2cc(Br)ccc2c1)N1CCCCC1CCl. The molecule has 0 bridgehead atoms. The predicted octanol–water partition coefficient (Wildman–Crippen LogP) is 4.84. The lowest BCUT2D eigenvalue weighted by molar-refractivity contribution is 0.0639. The second kappa shape index (κ2) is 6.37. The smallest absolute Gasteiger partial charge is 0.254 e. The number of amides is 1. The molecule has 1 atom stereocenters. The third-order valence-electron chi connectivity index (χ3n) is 4.12. The molecule has 0 N–H and O–H groups in total. The fraction of sp³-hybridized carbons (Fsp3) is 0.353. The van der Waals surface area contributed by atoms with Crippen molar-refractivity contribution in [3.63, 3.8) is 0 Å². The van der Waals surface area contributed by atoms with Gasteiger partial charge in [0.1, 0.15) is 0 Å². The largest absolute Gasteiger partial charge is 0.334 e. The second-order valence-corrected chi connectivity index (χ2v) is 6.73. The van der Waals surface area contributed by atoms with Crippen molar-refractivity contribution in [2.75, 3.05) is 12.4 Å². The summed E-state index contributed by atoms with van der Waals surface area (Å²) in [6, 6.07) is 12.2. The van der Waals surface area contributed by atoms with Crippen molar-refractivity contribution in [2.24, 2.45) is 0 Å². The van der Waals surface area contributed by atoms with Gasteiger partial charge in [-0.25, -0.2) is 0 Å². The van der Waals surface area contributed by atoms with E-state index in [-0.39, 0.29) is 11.9 Å². The Bertz CT molecular complexity index is 673. The lowest BCUT2D eigenvalue weighted by Gasteiger charge is -2.34. The van der Waals surface area contributed by atoms with E-state index in [1.54, 1.807) is 0 Å². The maximum Gasteiger partial charge on any atom is 0.254 e. The van der Waals surface area contributed by atoms with Crippen LogP contribution < -0.4 is 0 Å². The minimum Gasteiger partial charge on any atom is -0.334 e. The Morgan fingerprint density at radius 1 is 1.19 bits per heavy atom. The summed E-state index contributed by atoms with van der Waals surface area (Å²) < 4.78 is 1.05. The van der Waals surface area contributed by atoms with Crippen LogP contribution in [0.15, 0.2) is 40.9 Å². The van der Waals surface area contributed by atoms with E-state index in [1.807, 2.05) is 35.2 Å². The quantitative estimate of drug-likeness (QED) is 0.697. The molecule has 1 saturated heterocycles. The molecule has 4 heteroatoms. The van der Waals surface area contributed by atoms with E-state index in [1.165, 1.54) is 0 Å². The molecule has 0 aliphatic carbocycles. The monoisotopic (exact) mass is 365 g/mol. The second-order valence-electron chi connectivity index (χ2n) is 5.51. The van der Waals surface area contributed by atoms with Crippen LogP contribution in [-0.4, -0.2) is 29.3 Å². The van der Waals surface area contributed by atoms with E-state index in [4.69, 9.17) is 11.6 Å². The molecule has 2 aromatic carbocycles. The first kappa shape index (κ1) is 14.9. The van der Waals surface area contributed by atoms with Crippen LogP contribution >= 0.6 is 27.5 Å². The molecule has 110 valence electrons. The Labute approximate surface area is 138 Å². The van der Waals surface area contributed by atoms with Gasteiger partial charge in [-0.1, -0.05) is 28.1 Å². The normalized spacial score (nSPS) is 19.0. The molecule has 1 fully saturated rings. The van der Waals surface area contributed by atoms with E-state index in [0.717, 1.165) is 46.6 Å². The van der Waals surface area contributed by atoms with Gasteiger partial charge >= 0.3 is 0 Å². The summed E-state index contributed by atoms with van der Waals surface area (Å²) in [5.41, 5.74) is 0.752. The van der Waals surface area contributed by atoms with E-state index in [9.17, 15) is 4.79 Å². The van der Waals surface area contributed by atoms with Gasteiger partial charge in [0.2, 0.25) is 0 Å². The number of hydrogen-bond acceptors (Lipinski definition) is 1. The zero-order chi connectivity index (χ0) is 14.8. The van der Waals surface area contributed by atoms with Crippen LogP contribution in [-0.2, 0) is 0 Å². The number of alkyl halides is 1. The third kappa shape index (κ3) is 3.09. The van der Waals surface area contributed by atoms with Crippen molar-refractivity contribution in [2.45, 2.75) is 25.3 Å². The van der Waals surface area contributed by atoms with Crippen LogP contribution in [0.3, 0.4) is 0 Å². The van der Waals surface area contributed by atoms with Gasteiger partial charge in [0.05, 0.1) is 0 Å². The zero-order valence-electron chi connectivity index (χ0n) is 11.7. The molecule has 1 amide bonds. The maximum absolute atomic E-state index is 12.7. The van der Waals surface area contributed by atoms with Gasteiger partial charge in [0.25, 0.3) is 5.91 Å². The fourth-order valence-electron chi connectivity index (χ4n) is 2.94. The van der Waals surface area contributed by atoms with E-state index in [0.29, 0.717) is 5.88 Å². The molecule has 1 unspecified atom stereocenters. The number of carbonyl (C=O) groups is 1. The Morgan fingerprint density at radius 2 is 1.95 bits per heavy atom. The van der Waals surface area contributed by atoms with Crippen molar-refractivity contribution in [1.82, 2.24) is 4.90 Å². The lowest BCUT2D eigenvalue weighted by Crippen LogP contribution is -2.44. The van der Waals surface area contributed by atoms with Crippen molar-refractivity contribution in [3.8, 4) is 0 Å². The van der Waals surface area contributed by atoms with Crippen molar-refractivity contribution < 1.29 is 4.79 Å². The van der Waals surface area contributed by atoms with Crippen molar-refractivity contribution >= 4 is 44.2 Å². The molecule has 2 nitrogen and oxygen atoms in total. The molecule has 0 radical (unpaired) electrons. The number of rotatable bonds is 2. The molecular weight excluding hydrogens is 350 g/mol. The number of likely N-dealkylation sites (tertiary alicyclic amines) is 1. The lowest BCUT2D eigenvalue weighted by atomic mass is 10.0. The molecule has 1 aliphatic heterocycles. The summed E-state index contributed by atoms with van der Waals surface area (Å²) in [6.45, 7) is 0.814. The van der Waals surface area contributed by atoms with E-state index < -0.39 is 0 Å². The highest BCUT2D eigenvalue weighted by molar-refractivity contribution is 9.10. The molecule has 1 heterocycles. The van der Waals surface area contributed by atoms with Crippen LogP contribution in [0.25, 0.3) is 10.8 Å². The molecule has 0 saturated carbocycles. The summed E-state index contributed by atoms with van der Waals surface area (Å²) in [5, 5.41) is 2.22. The zero-order valence-corrected chi connectivity index (χ0v) is 14.0. The Balaban J connectivity index is 1.91. The van der Waals surface area contributed by atoms with Gasteiger partial charge in [-0.05, 0) is 54.3 Å². The Morgan fingerprint density at radius 3 is 2.76 bits per heavy atom. The molecule has 3 rings (SSSR count). The first-order valence-corrected chi connectivity index (χ1v) is 8.58. The van der Waals surface area contributed by atoms with Gasteiger partial charge in [-0.2, -0.15) is 0 Å². The molecule has 0 aromatic heterocycles. The molecule has 0 spiro atoms. The van der Waals surface area contributed by atoms with Gasteiger partial charge in [0, 0.05) is 28.5 Å². The Kier molecular flexibility index (Phi) is 4.51. The van der Waals surface area contributed by atoms with Crippen molar-refractivity contribution in [3.05, 3.63) is 46.4 Å². The summed E-state index contributed by atoms with van der Waals surface area (Å²) in [4.78, 5) is 14.7. The highest BCUT2D eigenvalue weighted by atomic mass is 79.9. The van der Waals surface area contributed by atoms with Crippen LogP contribution in [0, 0.1) is 0 Å². The third-order valence-corrected chi connectivity index (χ3v) is 4.96. The van der Waals surface area contributed by atoms with Gasteiger partial charge in [-0.15, -0.1) is 11.6 Å². The molecular formula is C17H17BrClNO. The fourth-order valence-corrected chi connectivity index (χ4v) is 3.64. The highest BCUT2D eigenvalue weighted by Gasteiger charge is 2.26. The summed E-state index contributed by atoms with van der Waals surface area (Å²) in [5.74, 6) is 0.622. The molecule has 1 aliphatic rings. The topological polar surface area (TPSA) is 20.3 Å². The van der Waals surface area contributed by atoms with Crippen LogP contribution in [0.1, 0.15) is 29.6 Å². The first-order valence-electron chi connectivity index (χ1n) is 7.25. The average molecular weight is 367 g/mol. The number of halogens is 2. The average Bonchev–Trinajstić information content (AvgIpc) is 2.53. The standard InChI is InChI=1S/C17H17BrClNO/c18-15-7-6-12-9-14(5-4-13(12)10-15)17(21)20-8-2-1-3-16(20)11-19/h4-7,9-10,16H,1-3,8,11H2. The number of nitrogens with zero attached hydrogens (tertiary/aromatic N) is 1. The molecule has 21 heavy (non-hydrogen) atoms. The summed E-state index contributed by atoms with van der Waals surface area (Å²) in [7, 11) is 0. The summed E-state index contributed by atoms with van der Waals surface area (Å²) >= 11 is 9.49. The van der Waals surface area contributed by atoms with Crippen LogP contribution in [0.2, 0.25) is 0 Å². The van der Waals surface area contributed by atoms with Crippen molar-refractivity contribution in [1.29, 1.82) is 0 Å². The number of hydrogen-bond donors (Lipinski definition) is 0. The minimum absolute atomic E-state index is 0.102. The molecule has 2 aromatic rings. The number of carbonyl (C=O) groups excluding carboxylic acids is 1. The van der Waals surface area contributed by atoms with E-state index in [2.05, 4.69) is 22.0 Å². The first-order chi connectivity index (χ1) is 10.2. The number of fused-ring (bicyclic) bond motifs is 1. The van der Waals surface area contributed by atoms with Gasteiger partial charge in [0.15, 0.2) is 0 Å². The minimum atomic E-state index is 0.102. The van der Waals surface area contributed by atoms with Gasteiger partial charge in [-0.3, -0.25) is 4.79 Å². The number of piperidine rings is 1. The predicted molar refractivity (Wildman–Crippen MR) is 91.0 cm³/mol. The summed E-state index contributed by atoms with van der Waals surface area (Å²) in [6.07, 6.45) is 3.24. The highest BCUT2D eigenvalue weighted by Crippen LogP contribution is 2.24. The Hall–Kier alpha value is -1.06. The maximum atomic E-state index is 12.7. The van der Waals surface area contributed by atoms with E-state index >= 15 is 0 Å². The van der Waals surface area contributed by atoms with Gasteiger partial charge < -0.3 is 4.90 Å².